The van der Waals surface area contributed by atoms with E-state index in [0.717, 1.165) is 31.0 Å². The van der Waals surface area contributed by atoms with Crippen LogP contribution >= 0.6 is 12.4 Å². The molecule has 0 aromatic heterocycles. The summed E-state index contributed by atoms with van der Waals surface area (Å²) in [7, 11) is 1.81. The molecule has 19 heavy (non-hydrogen) atoms. The Morgan fingerprint density at radius 1 is 1.47 bits per heavy atom. The van der Waals surface area contributed by atoms with E-state index in [-0.39, 0.29) is 24.0 Å². The van der Waals surface area contributed by atoms with Crippen LogP contribution in [0.25, 0.3) is 0 Å². The predicted molar refractivity (Wildman–Crippen MR) is 71.6 cm³/mol. The van der Waals surface area contributed by atoms with Crippen molar-refractivity contribution in [2.45, 2.75) is 18.9 Å². The molecule has 1 atom stereocenters. The lowest BCUT2D eigenvalue weighted by molar-refractivity contribution is 0.0731. The number of carbonyl (C=O) groups is 1. The molecule has 1 aliphatic heterocycles. The van der Waals surface area contributed by atoms with Crippen LogP contribution in [0.3, 0.4) is 0 Å². The van der Waals surface area contributed by atoms with Crippen LogP contribution in [-0.4, -0.2) is 37.0 Å². The van der Waals surface area contributed by atoms with E-state index in [1.165, 1.54) is 0 Å². The molecule has 3 nitrogen and oxygen atoms in total. The third-order valence-corrected chi connectivity index (χ3v) is 3.24. The standard InChI is InChI=1S/C13H16F2N2O.ClH/c1-16-8-10-3-2-6-17(10)13(18)11-7-9(14)4-5-12(11)15;/h4-5,7,10,16H,2-3,6,8H2,1H3;1H. The van der Waals surface area contributed by atoms with Crippen molar-refractivity contribution >= 4 is 18.3 Å². The molecule has 1 saturated heterocycles. The van der Waals surface area contributed by atoms with Crippen LogP contribution in [-0.2, 0) is 0 Å². The molecule has 6 heteroatoms. The average Bonchev–Trinajstić information content (AvgIpc) is 2.80. The summed E-state index contributed by atoms with van der Waals surface area (Å²) in [6.07, 6.45) is 1.79. The lowest BCUT2D eigenvalue weighted by Crippen LogP contribution is -2.41. The lowest BCUT2D eigenvalue weighted by atomic mass is 10.1. The van der Waals surface area contributed by atoms with E-state index in [0.29, 0.717) is 13.1 Å². The molecule has 1 aromatic carbocycles. The highest BCUT2D eigenvalue weighted by Gasteiger charge is 2.30. The van der Waals surface area contributed by atoms with Crippen LogP contribution in [0.2, 0.25) is 0 Å². The summed E-state index contributed by atoms with van der Waals surface area (Å²) in [5, 5.41) is 3.01. The number of hydrogen-bond acceptors (Lipinski definition) is 2. The van der Waals surface area contributed by atoms with Crippen molar-refractivity contribution in [3.63, 3.8) is 0 Å². The zero-order chi connectivity index (χ0) is 13.1. The molecule has 0 bridgehead atoms. The van der Waals surface area contributed by atoms with Gasteiger partial charge in [0.15, 0.2) is 0 Å². The van der Waals surface area contributed by atoms with Gasteiger partial charge in [0.2, 0.25) is 0 Å². The van der Waals surface area contributed by atoms with Gasteiger partial charge in [0.1, 0.15) is 11.6 Å². The van der Waals surface area contributed by atoms with Crippen molar-refractivity contribution in [3.05, 3.63) is 35.4 Å². The van der Waals surface area contributed by atoms with Crippen LogP contribution < -0.4 is 5.32 Å². The zero-order valence-electron chi connectivity index (χ0n) is 10.7. The van der Waals surface area contributed by atoms with Gasteiger partial charge in [0.25, 0.3) is 5.91 Å². The molecule has 2 rings (SSSR count). The summed E-state index contributed by atoms with van der Waals surface area (Å²) < 4.78 is 26.6. The Hall–Kier alpha value is -1.20. The third-order valence-electron chi connectivity index (χ3n) is 3.24. The van der Waals surface area contributed by atoms with Crippen LogP contribution in [0, 0.1) is 11.6 Å². The van der Waals surface area contributed by atoms with Crippen molar-refractivity contribution in [2.75, 3.05) is 20.1 Å². The number of hydrogen-bond donors (Lipinski definition) is 1. The summed E-state index contributed by atoms with van der Waals surface area (Å²) >= 11 is 0. The SMILES string of the molecule is CNCC1CCCN1C(=O)c1cc(F)ccc1F.Cl. The molecule has 0 spiro atoms. The summed E-state index contributed by atoms with van der Waals surface area (Å²) in [6, 6.07) is 3.03. The maximum atomic E-state index is 13.6. The molecule has 1 N–H and O–H groups in total. The number of likely N-dealkylation sites (tertiary alicyclic amines) is 1. The summed E-state index contributed by atoms with van der Waals surface area (Å²) in [5.74, 6) is -1.69. The molecule has 1 aromatic rings. The topological polar surface area (TPSA) is 32.3 Å². The van der Waals surface area contributed by atoms with Gasteiger partial charge in [-0.1, -0.05) is 0 Å². The number of nitrogens with one attached hydrogen (secondary N) is 1. The fourth-order valence-corrected chi connectivity index (χ4v) is 2.37. The van der Waals surface area contributed by atoms with Gasteiger partial charge in [-0.25, -0.2) is 8.78 Å². The van der Waals surface area contributed by atoms with Crippen LogP contribution in [0.1, 0.15) is 23.2 Å². The minimum absolute atomic E-state index is 0. The number of nitrogens with zero attached hydrogens (tertiary/aromatic N) is 1. The maximum absolute atomic E-state index is 13.6. The molecule has 0 aliphatic carbocycles. The van der Waals surface area contributed by atoms with Gasteiger partial charge < -0.3 is 10.2 Å². The van der Waals surface area contributed by atoms with Gasteiger partial charge in [-0.15, -0.1) is 12.4 Å². The molecule has 0 radical (unpaired) electrons. The predicted octanol–water partition coefficient (Wildman–Crippen LogP) is 2.21. The van der Waals surface area contributed by atoms with Crippen molar-refractivity contribution in [1.29, 1.82) is 0 Å². The second-order valence-corrected chi connectivity index (χ2v) is 4.48. The first-order valence-electron chi connectivity index (χ1n) is 6.04. The second kappa shape index (κ2) is 6.82. The van der Waals surface area contributed by atoms with Gasteiger partial charge in [0, 0.05) is 19.1 Å². The van der Waals surface area contributed by atoms with Crippen LogP contribution in [0.4, 0.5) is 8.78 Å². The molecule has 1 aliphatic rings. The van der Waals surface area contributed by atoms with E-state index < -0.39 is 17.5 Å². The quantitative estimate of drug-likeness (QED) is 0.926. The van der Waals surface area contributed by atoms with E-state index in [2.05, 4.69) is 5.32 Å². The normalized spacial score (nSPS) is 18.3. The van der Waals surface area contributed by atoms with Crippen molar-refractivity contribution in [1.82, 2.24) is 10.2 Å². The zero-order valence-corrected chi connectivity index (χ0v) is 11.5. The van der Waals surface area contributed by atoms with E-state index in [4.69, 9.17) is 0 Å². The third kappa shape index (κ3) is 3.42. The molecule has 106 valence electrons. The number of amides is 1. The minimum Gasteiger partial charge on any atom is -0.334 e. The number of halogens is 3. The Balaban J connectivity index is 0.00000180. The second-order valence-electron chi connectivity index (χ2n) is 4.48. The van der Waals surface area contributed by atoms with Gasteiger partial charge in [-0.2, -0.15) is 0 Å². The summed E-state index contributed by atoms with van der Waals surface area (Å²) in [6.45, 7) is 1.27. The fraction of sp³-hybridized carbons (Fsp3) is 0.462. The van der Waals surface area contributed by atoms with Crippen molar-refractivity contribution in [2.24, 2.45) is 0 Å². The monoisotopic (exact) mass is 290 g/mol. The van der Waals surface area contributed by atoms with E-state index in [9.17, 15) is 13.6 Å². The molecular formula is C13H17ClF2N2O. The Labute approximate surface area is 117 Å². The molecule has 1 fully saturated rings. The van der Waals surface area contributed by atoms with E-state index in [1.807, 2.05) is 7.05 Å². The van der Waals surface area contributed by atoms with Gasteiger partial charge in [0.05, 0.1) is 5.56 Å². The van der Waals surface area contributed by atoms with E-state index in [1.54, 1.807) is 4.90 Å². The van der Waals surface area contributed by atoms with Gasteiger partial charge in [-0.3, -0.25) is 4.79 Å². The Morgan fingerprint density at radius 3 is 2.89 bits per heavy atom. The lowest BCUT2D eigenvalue weighted by Gasteiger charge is -2.24. The van der Waals surface area contributed by atoms with Crippen molar-refractivity contribution in [3.8, 4) is 0 Å². The van der Waals surface area contributed by atoms with Crippen molar-refractivity contribution < 1.29 is 13.6 Å². The average molecular weight is 291 g/mol. The first-order chi connectivity index (χ1) is 8.63. The number of carbonyl (C=O) groups excluding carboxylic acids is 1. The fourth-order valence-electron chi connectivity index (χ4n) is 2.37. The molecular weight excluding hydrogens is 274 g/mol. The number of rotatable bonds is 3. The highest BCUT2D eigenvalue weighted by Crippen LogP contribution is 2.21. The smallest absolute Gasteiger partial charge is 0.257 e. The van der Waals surface area contributed by atoms with Crippen LogP contribution in [0.5, 0.6) is 0 Å². The highest BCUT2D eigenvalue weighted by molar-refractivity contribution is 5.94. The van der Waals surface area contributed by atoms with Gasteiger partial charge in [-0.05, 0) is 38.1 Å². The molecule has 0 saturated carbocycles. The summed E-state index contributed by atoms with van der Waals surface area (Å²) in [5.41, 5.74) is -0.182. The molecule has 1 unspecified atom stereocenters. The first-order valence-corrected chi connectivity index (χ1v) is 6.04. The highest BCUT2D eigenvalue weighted by atomic mass is 35.5. The number of likely N-dealkylation sites (N-methyl/N-ethyl adjacent to an activating group) is 1. The Bertz CT molecular complexity index is 456. The Kier molecular flexibility index (Phi) is 5.69. The summed E-state index contributed by atoms with van der Waals surface area (Å²) in [4.78, 5) is 13.8. The van der Waals surface area contributed by atoms with E-state index >= 15 is 0 Å². The van der Waals surface area contributed by atoms with Gasteiger partial charge >= 0.3 is 0 Å². The maximum Gasteiger partial charge on any atom is 0.257 e. The molecule has 1 amide bonds. The minimum atomic E-state index is -0.670. The van der Waals surface area contributed by atoms with Crippen LogP contribution in [0.15, 0.2) is 18.2 Å². The first kappa shape index (κ1) is 15.9. The number of benzene rings is 1. The molecule has 1 heterocycles. The largest absolute Gasteiger partial charge is 0.334 e. The Morgan fingerprint density at radius 2 is 2.21 bits per heavy atom.